The SMILES string of the molecule is CC1(C)[C@H](c2nc3s/c(=C/c4ccc(-c5ccccc5Cl)o4)c(=O)n3n2)[C@@H]1C=C(Cl)Cl. The van der Waals surface area contributed by atoms with Gasteiger partial charge in [-0.3, -0.25) is 4.79 Å². The Kier molecular flexibility index (Phi) is 5.01. The molecule has 1 aliphatic rings. The molecule has 1 fully saturated rings. The molecule has 0 amide bonds. The number of hydrogen-bond donors (Lipinski definition) is 0. The Morgan fingerprint density at radius 1 is 1.23 bits per heavy atom. The van der Waals surface area contributed by atoms with Crippen LogP contribution in [0.1, 0.15) is 31.4 Å². The molecule has 158 valence electrons. The summed E-state index contributed by atoms with van der Waals surface area (Å²) in [7, 11) is 0. The van der Waals surface area contributed by atoms with Gasteiger partial charge in [-0.15, -0.1) is 5.10 Å². The lowest BCUT2D eigenvalue weighted by Gasteiger charge is -1.98. The van der Waals surface area contributed by atoms with Crippen LogP contribution < -0.4 is 10.1 Å². The lowest BCUT2D eigenvalue weighted by atomic mass is 10.1. The average Bonchev–Trinajstić information content (AvgIpc) is 3.16. The summed E-state index contributed by atoms with van der Waals surface area (Å²) < 4.78 is 7.96. The number of benzene rings is 1. The van der Waals surface area contributed by atoms with Crippen LogP contribution in [0.15, 0.2) is 56.2 Å². The highest BCUT2D eigenvalue weighted by molar-refractivity contribution is 7.15. The van der Waals surface area contributed by atoms with Gasteiger partial charge in [0.05, 0.1) is 5.02 Å². The van der Waals surface area contributed by atoms with Crippen LogP contribution in [-0.2, 0) is 0 Å². The van der Waals surface area contributed by atoms with Gasteiger partial charge < -0.3 is 4.42 Å². The van der Waals surface area contributed by atoms with Crippen molar-refractivity contribution in [2.75, 3.05) is 0 Å². The fourth-order valence-electron chi connectivity index (χ4n) is 3.96. The molecule has 3 heterocycles. The second-order valence-corrected chi connectivity index (χ2v) is 10.5. The van der Waals surface area contributed by atoms with Crippen molar-refractivity contribution in [3.05, 3.63) is 78.5 Å². The Hall–Kier alpha value is -2.12. The Bertz CT molecular complexity index is 1450. The number of nitrogens with zero attached hydrogens (tertiary/aromatic N) is 3. The van der Waals surface area contributed by atoms with E-state index in [2.05, 4.69) is 23.9 Å². The number of allylic oxidation sites excluding steroid dienone is 1. The highest BCUT2D eigenvalue weighted by Gasteiger charge is 2.59. The molecule has 3 aromatic heterocycles. The van der Waals surface area contributed by atoms with Crippen LogP contribution in [0.2, 0.25) is 5.02 Å². The third kappa shape index (κ3) is 3.61. The molecule has 5 nitrogen and oxygen atoms in total. The maximum absolute atomic E-state index is 12.9. The quantitative estimate of drug-likeness (QED) is 0.368. The number of thiazole rings is 1. The smallest absolute Gasteiger partial charge is 0.291 e. The first kappa shape index (κ1) is 20.8. The first-order chi connectivity index (χ1) is 14.8. The van der Waals surface area contributed by atoms with Gasteiger partial charge in [0.1, 0.15) is 20.5 Å². The van der Waals surface area contributed by atoms with E-state index in [4.69, 9.17) is 39.2 Å². The van der Waals surface area contributed by atoms with Gasteiger partial charge in [0.15, 0.2) is 5.82 Å². The Morgan fingerprint density at radius 3 is 2.71 bits per heavy atom. The maximum atomic E-state index is 12.9. The summed E-state index contributed by atoms with van der Waals surface area (Å²) in [5.41, 5.74) is 0.509. The van der Waals surface area contributed by atoms with E-state index < -0.39 is 0 Å². The van der Waals surface area contributed by atoms with Crippen molar-refractivity contribution in [3.63, 3.8) is 0 Å². The van der Waals surface area contributed by atoms with E-state index >= 15 is 0 Å². The molecule has 0 unspecified atom stereocenters. The maximum Gasteiger partial charge on any atom is 0.291 e. The molecule has 4 aromatic rings. The largest absolute Gasteiger partial charge is 0.457 e. The van der Waals surface area contributed by atoms with Crippen molar-refractivity contribution in [1.82, 2.24) is 14.6 Å². The third-order valence-corrected chi connectivity index (χ3v) is 7.27. The molecule has 31 heavy (non-hydrogen) atoms. The van der Waals surface area contributed by atoms with Gasteiger partial charge in [-0.25, -0.2) is 4.98 Å². The summed E-state index contributed by atoms with van der Waals surface area (Å²) in [6, 6.07) is 11.1. The number of halogens is 3. The van der Waals surface area contributed by atoms with Crippen molar-refractivity contribution >= 4 is 57.2 Å². The first-order valence-corrected chi connectivity index (χ1v) is 11.5. The highest BCUT2D eigenvalue weighted by atomic mass is 35.5. The highest BCUT2D eigenvalue weighted by Crippen LogP contribution is 2.64. The fourth-order valence-corrected chi connectivity index (χ4v) is 5.36. The molecular weight excluding hydrogens is 477 g/mol. The number of rotatable bonds is 4. The molecule has 1 saturated carbocycles. The second-order valence-electron chi connectivity index (χ2n) is 8.04. The molecule has 0 N–H and O–H groups in total. The van der Waals surface area contributed by atoms with E-state index in [1.165, 1.54) is 15.9 Å². The third-order valence-electron chi connectivity index (χ3n) is 5.73. The predicted molar refractivity (Wildman–Crippen MR) is 125 cm³/mol. The van der Waals surface area contributed by atoms with E-state index in [-0.39, 0.29) is 27.3 Å². The fraction of sp³-hybridized carbons (Fsp3) is 0.227. The zero-order valence-corrected chi connectivity index (χ0v) is 19.6. The molecule has 0 radical (unpaired) electrons. The molecule has 0 saturated heterocycles. The molecule has 9 heteroatoms. The van der Waals surface area contributed by atoms with Crippen LogP contribution in [0.5, 0.6) is 0 Å². The van der Waals surface area contributed by atoms with Crippen molar-refractivity contribution in [2.45, 2.75) is 19.8 Å². The lowest BCUT2D eigenvalue weighted by Crippen LogP contribution is -2.23. The van der Waals surface area contributed by atoms with Crippen molar-refractivity contribution in [3.8, 4) is 11.3 Å². The van der Waals surface area contributed by atoms with E-state index in [0.717, 1.165) is 5.56 Å². The summed E-state index contributed by atoms with van der Waals surface area (Å²) >= 11 is 19.2. The van der Waals surface area contributed by atoms with E-state index in [1.54, 1.807) is 18.2 Å². The lowest BCUT2D eigenvalue weighted by molar-refractivity contribution is 0.571. The normalized spacial score (nSPS) is 20.4. The number of aromatic nitrogens is 3. The van der Waals surface area contributed by atoms with Gasteiger partial charge in [0.25, 0.3) is 5.56 Å². The van der Waals surface area contributed by atoms with Crippen molar-refractivity contribution in [1.29, 1.82) is 0 Å². The summed E-state index contributed by atoms with van der Waals surface area (Å²) in [4.78, 5) is 18.0. The van der Waals surface area contributed by atoms with Gasteiger partial charge in [-0.1, -0.05) is 72.1 Å². The molecule has 0 spiro atoms. The van der Waals surface area contributed by atoms with E-state index in [0.29, 0.717) is 31.9 Å². The number of fused-ring (bicyclic) bond motifs is 1. The Morgan fingerprint density at radius 2 is 2.00 bits per heavy atom. The van der Waals surface area contributed by atoms with Crippen LogP contribution in [0.4, 0.5) is 0 Å². The van der Waals surface area contributed by atoms with Crippen LogP contribution in [0, 0.1) is 11.3 Å². The summed E-state index contributed by atoms with van der Waals surface area (Å²) in [5, 5.41) is 5.08. The topological polar surface area (TPSA) is 60.4 Å². The zero-order chi connectivity index (χ0) is 21.9. The predicted octanol–water partition coefficient (Wildman–Crippen LogP) is 5.67. The minimum Gasteiger partial charge on any atom is -0.457 e. The second kappa shape index (κ2) is 7.48. The summed E-state index contributed by atoms with van der Waals surface area (Å²) in [5.74, 6) is 2.04. The summed E-state index contributed by atoms with van der Waals surface area (Å²) in [6.07, 6.45) is 3.51. The van der Waals surface area contributed by atoms with E-state index in [1.807, 2.05) is 30.3 Å². The molecular formula is C22H16Cl3N3O2S. The zero-order valence-electron chi connectivity index (χ0n) is 16.5. The van der Waals surface area contributed by atoms with Crippen molar-refractivity contribution < 1.29 is 4.42 Å². The Labute approximate surface area is 196 Å². The molecule has 0 aliphatic heterocycles. The van der Waals surface area contributed by atoms with Crippen molar-refractivity contribution in [2.24, 2.45) is 11.3 Å². The minimum absolute atomic E-state index is 0.0622. The van der Waals surface area contributed by atoms with Gasteiger partial charge >= 0.3 is 0 Å². The Balaban J connectivity index is 1.48. The van der Waals surface area contributed by atoms with Gasteiger partial charge in [-0.2, -0.15) is 4.52 Å². The van der Waals surface area contributed by atoms with Crippen LogP contribution in [-0.4, -0.2) is 14.6 Å². The van der Waals surface area contributed by atoms with Gasteiger partial charge in [0.2, 0.25) is 4.96 Å². The van der Waals surface area contributed by atoms with Gasteiger partial charge in [0, 0.05) is 17.6 Å². The minimum atomic E-state index is -0.227. The van der Waals surface area contributed by atoms with Crippen LogP contribution in [0.25, 0.3) is 22.4 Å². The van der Waals surface area contributed by atoms with Crippen LogP contribution in [0.3, 0.4) is 0 Å². The van der Waals surface area contributed by atoms with Crippen LogP contribution >= 0.6 is 46.1 Å². The first-order valence-electron chi connectivity index (χ1n) is 9.54. The number of furan rings is 1. The summed E-state index contributed by atoms with van der Waals surface area (Å²) in [6.45, 7) is 4.21. The molecule has 0 bridgehead atoms. The number of hydrogen-bond acceptors (Lipinski definition) is 5. The molecule has 1 aliphatic carbocycles. The molecule has 5 rings (SSSR count). The molecule has 2 atom stereocenters. The molecule has 1 aromatic carbocycles. The van der Waals surface area contributed by atoms with E-state index in [9.17, 15) is 4.79 Å². The monoisotopic (exact) mass is 491 g/mol. The average molecular weight is 493 g/mol. The van der Waals surface area contributed by atoms with Gasteiger partial charge in [-0.05, 0) is 41.7 Å². The standard InChI is InChI=1S/C22H16Cl3N3O2S/c1-22(2)13(10-17(24)25)18(22)19-26-21-28(27-19)20(29)16(31-21)9-11-7-8-15(30-11)12-5-3-4-6-14(12)23/h3-10,13,18H,1-2H3/b16-9+/t13-,18-/m0/s1.